The van der Waals surface area contributed by atoms with Gasteiger partial charge in [0.25, 0.3) is 20.2 Å². The molecule has 0 unspecified atom stereocenters. The Kier molecular flexibility index (Phi) is 5.89. The molecule has 2 N–H and O–H groups in total. The number of esters is 2. The molecule has 0 aliphatic rings. The summed E-state index contributed by atoms with van der Waals surface area (Å²) in [4.78, 5) is 22.8. The largest absolute Gasteiger partial charge is 0.465 e. The van der Waals surface area contributed by atoms with Crippen molar-refractivity contribution in [3.8, 4) is 11.1 Å². The van der Waals surface area contributed by atoms with Gasteiger partial charge in [-0.15, -0.1) is 0 Å². The summed E-state index contributed by atoms with van der Waals surface area (Å²) in [5.74, 6) is -2.25. The molecule has 10 nitrogen and oxygen atoms in total. The molecule has 0 saturated carbocycles. The highest BCUT2D eigenvalue weighted by molar-refractivity contribution is 7.86. The maximum atomic E-state index is 12.4. The number of ether oxygens (including phenoxy) is 2. The van der Waals surface area contributed by atoms with Crippen LogP contribution >= 0.6 is 0 Å². The first-order chi connectivity index (χ1) is 12.9. The van der Waals surface area contributed by atoms with E-state index in [9.17, 15) is 35.5 Å². The fourth-order valence-corrected chi connectivity index (χ4v) is 3.97. The van der Waals surface area contributed by atoms with E-state index in [2.05, 4.69) is 9.47 Å². The van der Waals surface area contributed by atoms with E-state index in [-0.39, 0.29) is 0 Å². The predicted molar refractivity (Wildman–Crippen MR) is 94.2 cm³/mol. The topological polar surface area (TPSA) is 161 Å². The molecule has 0 saturated heterocycles. The molecule has 12 heteroatoms. The zero-order valence-corrected chi connectivity index (χ0v) is 16.1. The molecule has 0 aromatic heterocycles. The molecule has 0 heterocycles. The molecule has 0 aliphatic carbocycles. The first kappa shape index (κ1) is 21.5. The van der Waals surface area contributed by atoms with Crippen LogP contribution < -0.4 is 0 Å². The summed E-state index contributed by atoms with van der Waals surface area (Å²) >= 11 is 0. The van der Waals surface area contributed by atoms with Gasteiger partial charge in [0.1, 0.15) is 9.79 Å². The van der Waals surface area contributed by atoms with E-state index in [0.29, 0.717) is 0 Å². The SMILES string of the molecule is COC(=O)c1ccc(S(=O)(=O)O)c(-c2ccccc2S(=O)(=O)O)c1C(=O)OC. The lowest BCUT2D eigenvalue weighted by Gasteiger charge is -2.17. The fourth-order valence-electron chi connectivity index (χ4n) is 2.56. The summed E-state index contributed by atoms with van der Waals surface area (Å²) in [5.41, 5.74) is -2.21. The maximum Gasteiger partial charge on any atom is 0.339 e. The molecule has 0 aliphatic heterocycles. The van der Waals surface area contributed by atoms with Gasteiger partial charge in [-0.05, 0) is 18.2 Å². The number of rotatable bonds is 5. The predicted octanol–water partition coefficient (Wildman–Crippen LogP) is 1.42. The number of carbonyl (C=O) groups is 2. The normalized spacial score (nSPS) is 11.7. The highest BCUT2D eigenvalue weighted by atomic mass is 32.2. The third kappa shape index (κ3) is 4.04. The molecule has 0 spiro atoms. The molecular weight excluding hydrogens is 416 g/mol. The van der Waals surface area contributed by atoms with Crippen LogP contribution in [0.1, 0.15) is 20.7 Å². The van der Waals surface area contributed by atoms with Crippen molar-refractivity contribution < 1.29 is 45.0 Å². The Morgan fingerprint density at radius 1 is 0.786 bits per heavy atom. The van der Waals surface area contributed by atoms with Crippen LogP contribution in [-0.2, 0) is 29.7 Å². The van der Waals surface area contributed by atoms with E-state index in [0.717, 1.165) is 38.5 Å². The van der Waals surface area contributed by atoms with E-state index in [4.69, 9.17) is 0 Å². The van der Waals surface area contributed by atoms with Gasteiger partial charge in [-0.25, -0.2) is 9.59 Å². The van der Waals surface area contributed by atoms with Crippen molar-refractivity contribution in [2.75, 3.05) is 14.2 Å². The summed E-state index contributed by atoms with van der Waals surface area (Å²) in [6.45, 7) is 0. The van der Waals surface area contributed by atoms with Crippen molar-refractivity contribution in [1.82, 2.24) is 0 Å². The van der Waals surface area contributed by atoms with Crippen molar-refractivity contribution in [1.29, 1.82) is 0 Å². The smallest absolute Gasteiger partial charge is 0.339 e. The zero-order chi connectivity index (χ0) is 21.3. The minimum Gasteiger partial charge on any atom is -0.465 e. The Labute approximate surface area is 160 Å². The van der Waals surface area contributed by atoms with Gasteiger partial charge in [0.15, 0.2) is 0 Å². The number of methoxy groups -OCH3 is 2. The molecule has 2 aromatic carbocycles. The van der Waals surface area contributed by atoms with Crippen molar-refractivity contribution in [3.05, 3.63) is 47.5 Å². The molecule has 2 aromatic rings. The van der Waals surface area contributed by atoms with Gasteiger partial charge in [-0.1, -0.05) is 18.2 Å². The third-order valence-corrected chi connectivity index (χ3v) is 5.48. The average molecular weight is 430 g/mol. The van der Waals surface area contributed by atoms with E-state index in [1.165, 1.54) is 12.1 Å². The highest BCUT2D eigenvalue weighted by Crippen LogP contribution is 2.37. The highest BCUT2D eigenvalue weighted by Gasteiger charge is 2.32. The first-order valence-corrected chi connectivity index (χ1v) is 10.2. The number of benzene rings is 2. The van der Waals surface area contributed by atoms with Gasteiger partial charge in [0.2, 0.25) is 0 Å². The molecule has 0 atom stereocenters. The summed E-state index contributed by atoms with van der Waals surface area (Å²) < 4.78 is 75.5. The summed E-state index contributed by atoms with van der Waals surface area (Å²) in [6, 6.07) is 6.27. The monoisotopic (exact) mass is 430 g/mol. The van der Waals surface area contributed by atoms with Crippen molar-refractivity contribution >= 4 is 32.2 Å². The van der Waals surface area contributed by atoms with Crippen LogP contribution in [0.25, 0.3) is 11.1 Å². The van der Waals surface area contributed by atoms with Gasteiger partial charge in [0, 0.05) is 11.1 Å². The van der Waals surface area contributed by atoms with Gasteiger partial charge >= 0.3 is 11.9 Å². The van der Waals surface area contributed by atoms with Crippen molar-refractivity contribution in [3.63, 3.8) is 0 Å². The fraction of sp³-hybridized carbons (Fsp3) is 0.125. The second-order valence-corrected chi connectivity index (χ2v) is 8.07. The molecule has 150 valence electrons. The Hall–Kier alpha value is -2.80. The van der Waals surface area contributed by atoms with Crippen LogP contribution in [0.4, 0.5) is 0 Å². The number of carbonyl (C=O) groups excluding carboxylic acids is 2. The van der Waals surface area contributed by atoms with Crippen LogP contribution in [0, 0.1) is 0 Å². The average Bonchev–Trinajstić information content (AvgIpc) is 2.64. The van der Waals surface area contributed by atoms with E-state index in [1.807, 2.05) is 0 Å². The molecule has 0 radical (unpaired) electrons. The molecule has 0 bridgehead atoms. The number of hydrogen-bond donors (Lipinski definition) is 2. The van der Waals surface area contributed by atoms with Gasteiger partial charge < -0.3 is 9.47 Å². The van der Waals surface area contributed by atoms with Crippen LogP contribution in [0.2, 0.25) is 0 Å². The standard InChI is InChI=1S/C16H14O10S2/c1-25-15(17)10-7-8-12(28(22,23)24)13(14(10)16(18)26-2)9-5-3-4-6-11(9)27(19,20)21/h3-8H,1-2H3,(H,19,20,21)(H,22,23,24). The first-order valence-electron chi connectivity index (χ1n) is 7.31. The van der Waals surface area contributed by atoms with Crippen LogP contribution in [0.5, 0.6) is 0 Å². The van der Waals surface area contributed by atoms with Crippen molar-refractivity contribution in [2.45, 2.75) is 9.79 Å². The Balaban J connectivity index is 3.17. The summed E-state index contributed by atoms with van der Waals surface area (Å²) in [5, 5.41) is 0. The second-order valence-electron chi connectivity index (χ2n) is 5.29. The van der Waals surface area contributed by atoms with Crippen LogP contribution in [-0.4, -0.2) is 52.1 Å². The lowest BCUT2D eigenvalue weighted by molar-refractivity contribution is 0.0555. The summed E-state index contributed by atoms with van der Waals surface area (Å²) in [6.07, 6.45) is 0. The lowest BCUT2D eigenvalue weighted by atomic mass is 9.95. The van der Waals surface area contributed by atoms with Crippen LogP contribution in [0.3, 0.4) is 0 Å². The van der Waals surface area contributed by atoms with E-state index in [1.54, 1.807) is 0 Å². The van der Waals surface area contributed by atoms with Gasteiger partial charge in [-0.2, -0.15) is 16.8 Å². The number of hydrogen-bond acceptors (Lipinski definition) is 8. The minimum atomic E-state index is -4.99. The molecule has 0 fully saturated rings. The quantitative estimate of drug-likeness (QED) is 0.524. The maximum absolute atomic E-state index is 12.4. The van der Waals surface area contributed by atoms with Gasteiger partial charge in [0.05, 0.1) is 25.3 Å². The molecular formula is C16H14O10S2. The molecule has 28 heavy (non-hydrogen) atoms. The Morgan fingerprint density at radius 2 is 1.32 bits per heavy atom. The van der Waals surface area contributed by atoms with Crippen LogP contribution in [0.15, 0.2) is 46.2 Å². The Morgan fingerprint density at radius 3 is 1.82 bits per heavy atom. The molecule has 0 amide bonds. The van der Waals surface area contributed by atoms with E-state index < -0.39 is 64.2 Å². The Bertz CT molecular complexity index is 1160. The van der Waals surface area contributed by atoms with Crippen molar-refractivity contribution in [2.24, 2.45) is 0 Å². The van der Waals surface area contributed by atoms with E-state index >= 15 is 0 Å². The minimum absolute atomic E-state index is 0.443. The lowest BCUT2D eigenvalue weighted by Crippen LogP contribution is -2.17. The summed E-state index contributed by atoms with van der Waals surface area (Å²) in [7, 11) is -7.92. The second kappa shape index (κ2) is 7.67. The molecule has 2 rings (SSSR count). The van der Waals surface area contributed by atoms with Gasteiger partial charge in [-0.3, -0.25) is 9.11 Å². The third-order valence-electron chi connectivity index (χ3n) is 3.67. The zero-order valence-electron chi connectivity index (χ0n) is 14.4.